The number of halogens is 1. The Hall–Kier alpha value is -1.35. The van der Waals surface area contributed by atoms with Crippen LogP contribution in [0, 0.1) is 0 Å². The molecule has 0 saturated carbocycles. The molecule has 4 N–H and O–H groups in total. The summed E-state index contributed by atoms with van der Waals surface area (Å²) >= 11 is 0. The highest BCUT2D eigenvalue weighted by atomic mass is 127. The first kappa shape index (κ1) is 22.7. The first-order valence-corrected chi connectivity index (χ1v) is 9.28. The largest absolute Gasteiger partial charge is 0.366 e. The van der Waals surface area contributed by atoms with Crippen LogP contribution in [0.3, 0.4) is 0 Å². The predicted molar refractivity (Wildman–Crippen MR) is 118 cm³/mol. The summed E-state index contributed by atoms with van der Waals surface area (Å²) in [6.45, 7) is 9.21. The van der Waals surface area contributed by atoms with Crippen molar-refractivity contribution >= 4 is 35.8 Å². The number of nitrogens with zero attached hydrogens (tertiary/aromatic N) is 2. The lowest BCUT2D eigenvalue weighted by Crippen LogP contribution is -2.48. The number of nitrogens with one attached hydrogen (secondary N) is 2. The fourth-order valence-electron chi connectivity index (χ4n) is 3.08. The molecule has 146 valence electrons. The monoisotopic (exact) mass is 473 g/mol. The van der Waals surface area contributed by atoms with Crippen LogP contribution in [-0.4, -0.2) is 49.0 Å². The van der Waals surface area contributed by atoms with Crippen molar-refractivity contribution in [2.45, 2.75) is 45.7 Å². The van der Waals surface area contributed by atoms with Crippen molar-refractivity contribution in [3.63, 3.8) is 0 Å². The van der Waals surface area contributed by atoms with Gasteiger partial charge in [0.2, 0.25) is 5.91 Å². The normalized spacial score (nSPS) is 16.0. The number of rotatable bonds is 7. The summed E-state index contributed by atoms with van der Waals surface area (Å²) in [4.78, 5) is 18.3. The van der Waals surface area contributed by atoms with Crippen molar-refractivity contribution in [1.82, 2.24) is 15.5 Å². The van der Waals surface area contributed by atoms with E-state index >= 15 is 0 Å². The summed E-state index contributed by atoms with van der Waals surface area (Å²) in [6.07, 6.45) is 3.52. The highest BCUT2D eigenvalue weighted by molar-refractivity contribution is 14.0. The van der Waals surface area contributed by atoms with Gasteiger partial charge in [-0.05, 0) is 50.4 Å². The molecule has 0 unspecified atom stereocenters. The SMILES string of the molecule is CCCN1CCC(NC(=NCc2ccc(C(N)=O)cc2)NCC)CC1.I. The summed E-state index contributed by atoms with van der Waals surface area (Å²) < 4.78 is 0. The quantitative estimate of drug-likeness (QED) is 0.323. The average molecular weight is 473 g/mol. The van der Waals surface area contributed by atoms with Gasteiger partial charge in [-0.15, -0.1) is 24.0 Å². The molecule has 1 aromatic carbocycles. The van der Waals surface area contributed by atoms with Crippen molar-refractivity contribution < 1.29 is 4.79 Å². The molecule has 26 heavy (non-hydrogen) atoms. The maximum atomic E-state index is 11.1. The van der Waals surface area contributed by atoms with E-state index in [1.54, 1.807) is 12.1 Å². The number of benzene rings is 1. The third-order valence-electron chi connectivity index (χ3n) is 4.47. The second-order valence-electron chi connectivity index (χ2n) is 6.52. The van der Waals surface area contributed by atoms with Crippen LogP contribution in [-0.2, 0) is 6.54 Å². The number of amides is 1. The zero-order valence-corrected chi connectivity index (χ0v) is 18.2. The van der Waals surface area contributed by atoms with E-state index in [0.717, 1.165) is 44.0 Å². The number of hydrogen-bond acceptors (Lipinski definition) is 3. The van der Waals surface area contributed by atoms with Crippen molar-refractivity contribution in [3.05, 3.63) is 35.4 Å². The van der Waals surface area contributed by atoms with E-state index in [1.807, 2.05) is 12.1 Å². The summed E-state index contributed by atoms with van der Waals surface area (Å²) in [5, 5.41) is 6.87. The molecule has 0 atom stereocenters. The van der Waals surface area contributed by atoms with Crippen LogP contribution >= 0.6 is 24.0 Å². The standard InChI is InChI=1S/C19H31N5O.HI/c1-3-11-24-12-9-17(10-13-24)23-19(21-4-2)22-14-15-5-7-16(8-6-15)18(20)25;/h5-8,17H,3-4,9-14H2,1-2H3,(H2,20,25)(H2,21,22,23);1H. The van der Waals surface area contributed by atoms with Gasteiger partial charge in [-0.2, -0.15) is 0 Å². The van der Waals surface area contributed by atoms with Crippen molar-refractivity contribution in [2.24, 2.45) is 10.7 Å². The Morgan fingerprint density at radius 3 is 2.42 bits per heavy atom. The summed E-state index contributed by atoms with van der Waals surface area (Å²) in [5.74, 6) is 0.454. The van der Waals surface area contributed by atoms with Gasteiger partial charge in [-0.3, -0.25) is 4.79 Å². The Labute approximate surface area is 174 Å². The Kier molecular flexibility index (Phi) is 10.6. The molecule has 0 spiro atoms. The molecule has 0 radical (unpaired) electrons. The summed E-state index contributed by atoms with van der Waals surface area (Å²) in [7, 11) is 0. The molecule has 1 heterocycles. The average Bonchev–Trinajstić information content (AvgIpc) is 2.62. The van der Waals surface area contributed by atoms with E-state index in [2.05, 4.69) is 34.4 Å². The van der Waals surface area contributed by atoms with Crippen LogP contribution in [0.4, 0.5) is 0 Å². The summed E-state index contributed by atoms with van der Waals surface area (Å²) in [6, 6.07) is 7.77. The molecule has 0 bridgehead atoms. The van der Waals surface area contributed by atoms with Crippen LogP contribution in [0.15, 0.2) is 29.3 Å². The third kappa shape index (κ3) is 7.49. The summed E-state index contributed by atoms with van der Waals surface area (Å²) in [5.41, 5.74) is 6.85. The molecular weight excluding hydrogens is 441 g/mol. The number of piperidine rings is 1. The van der Waals surface area contributed by atoms with Gasteiger partial charge in [0.1, 0.15) is 0 Å². The number of primary amides is 1. The Bertz CT molecular complexity index is 568. The number of hydrogen-bond donors (Lipinski definition) is 3. The highest BCUT2D eigenvalue weighted by Gasteiger charge is 2.19. The zero-order valence-electron chi connectivity index (χ0n) is 15.8. The third-order valence-corrected chi connectivity index (χ3v) is 4.47. The van der Waals surface area contributed by atoms with E-state index in [0.29, 0.717) is 18.2 Å². The number of nitrogens with two attached hydrogens (primary N) is 1. The molecular formula is C19H32IN5O. The van der Waals surface area contributed by atoms with Gasteiger partial charge in [0.25, 0.3) is 0 Å². The van der Waals surface area contributed by atoms with E-state index in [9.17, 15) is 4.79 Å². The van der Waals surface area contributed by atoms with Crippen LogP contribution in [0.2, 0.25) is 0 Å². The Morgan fingerprint density at radius 2 is 1.88 bits per heavy atom. The second kappa shape index (κ2) is 12.1. The fourth-order valence-corrected chi connectivity index (χ4v) is 3.08. The molecule has 2 rings (SSSR count). The number of carbonyl (C=O) groups excluding carboxylic acids is 1. The first-order chi connectivity index (χ1) is 12.1. The molecule has 7 heteroatoms. The minimum absolute atomic E-state index is 0. The van der Waals surface area contributed by atoms with E-state index in [-0.39, 0.29) is 24.0 Å². The van der Waals surface area contributed by atoms with Crippen molar-refractivity contribution in [2.75, 3.05) is 26.2 Å². The van der Waals surface area contributed by atoms with E-state index < -0.39 is 5.91 Å². The number of likely N-dealkylation sites (tertiary alicyclic amines) is 1. The van der Waals surface area contributed by atoms with Gasteiger partial charge in [-0.25, -0.2) is 4.99 Å². The zero-order chi connectivity index (χ0) is 18.1. The van der Waals surface area contributed by atoms with Crippen molar-refractivity contribution in [3.8, 4) is 0 Å². The van der Waals surface area contributed by atoms with E-state index in [4.69, 9.17) is 5.73 Å². The lowest BCUT2D eigenvalue weighted by Gasteiger charge is -2.32. The first-order valence-electron chi connectivity index (χ1n) is 9.28. The predicted octanol–water partition coefficient (Wildman–Crippen LogP) is 2.33. The van der Waals surface area contributed by atoms with Crippen LogP contribution in [0.1, 0.15) is 49.0 Å². The second-order valence-corrected chi connectivity index (χ2v) is 6.52. The van der Waals surface area contributed by atoms with Gasteiger partial charge in [0.05, 0.1) is 6.54 Å². The highest BCUT2D eigenvalue weighted by Crippen LogP contribution is 2.11. The minimum atomic E-state index is -0.403. The van der Waals surface area contributed by atoms with Gasteiger partial charge in [0.15, 0.2) is 5.96 Å². The fraction of sp³-hybridized carbons (Fsp3) is 0.579. The lowest BCUT2D eigenvalue weighted by molar-refractivity contribution is 0.100. The van der Waals surface area contributed by atoms with Crippen molar-refractivity contribution in [1.29, 1.82) is 0 Å². The lowest BCUT2D eigenvalue weighted by atomic mass is 10.1. The molecule has 1 aromatic rings. The minimum Gasteiger partial charge on any atom is -0.366 e. The smallest absolute Gasteiger partial charge is 0.248 e. The number of aliphatic imine (C=N–C) groups is 1. The Balaban J connectivity index is 0.00000338. The molecule has 1 saturated heterocycles. The molecule has 1 amide bonds. The number of guanidine groups is 1. The molecule has 6 nitrogen and oxygen atoms in total. The number of carbonyl (C=O) groups is 1. The van der Waals surface area contributed by atoms with E-state index in [1.165, 1.54) is 13.0 Å². The molecule has 1 aliphatic rings. The molecule has 1 aliphatic heterocycles. The molecule has 1 fully saturated rings. The van der Waals surface area contributed by atoms with Gasteiger partial charge < -0.3 is 21.3 Å². The maximum absolute atomic E-state index is 11.1. The van der Waals surface area contributed by atoms with Gasteiger partial charge in [0, 0.05) is 31.2 Å². The van der Waals surface area contributed by atoms with Crippen LogP contribution in [0.5, 0.6) is 0 Å². The Morgan fingerprint density at radius 1 is 1.23 bits per heavy atom. The van der Waals surface area contributed by atoms with Crippen LogP contribution in [0.25, 0.3) is 0 Å². The van der Waals surface area contributed by atoms with Gasteiger partial charge in [-0.1, -0.05) is 19.1 Å². The maximum Gasteiger partial charge on any atom is 0.248 e. The topological polar surface area (TPSA) is 82.8 Å². The molecule has 0 aliphatic carbocycles. The van der Waals surface area contributed by atoms with Crippen LogP contribution < -0.4 is 16.4 Å². The molecule has 0 aromatic heterocycles. The van der Waals surface area contributed by atoms with Gasteiger partial charge >= 0.3 is 0 Å².